The van der Waals surface area contributed by atoms with E-state index >= 15 is 0 Å². The standard InChI is InChI=1S/C13H16N2O/c16-12-13(8-9-14-12)7-6-11(15-13)10-4-2-1-3-5-10/h1-5,11,15H,6-9H2,(H,14,16)/t11?,13-/m1/s1. The summed E-state index contributed by atoms with van der Waals surface area (Å²) in [6.07, 6.45) is 2.94. The highest BCUT2D eigenvalue weighted by atomic mass is 16.2. The molecule has 2 atom stereocenters. The first-order valence-corrected chi connectivity index (χ1v) is 5.91. The summed E-state index contributed by atoms with van der Waals surface area (Å²) < 4.78 is 0. The molecule has 0 bridgehead atoms. The van der Waals surface area contributed by atoms with Crippen LogP contribution in [0, 0.1) is 0 Å². The number of rotatable bonds is 1. The van der Waals surface area contributed by atoms with Crippen molar-refractivity contribution in [1.82, 2.24) is 10.6 Å². The molecule has 1 unspecified atom stereocenters. The van der Waals surface area contributed by atoms with Gasteiger partial charge in [0.15, 0.2) is 0 Å². The predicted molar refractivity (Wildman–Crippen MR) is 61.9 cm³/mol. The number of carbonyl (C=O) groups excluding carboxylic acids is 1. The second-order valence-electron chi connectivity index (χ2n) is 4.73. The third-order valence-corrected chi connectivity index (χ3v) is 3.78. The molecule has 2 heterocycles. The molecule has 16 heavy (non-hydrogen) atoms. The molecule has 1 amide bonds. The first kappa shape index (κ1) is 9.85. The zero-order valence-electron chi connectivity index (χ0n) is 9.20. The van der Waals surface area contributed by atoms with E-state index in [4.69, 9.17) is 0 Å². The summed E-state index contributed by atoms with van der Waals surface area (Å²) in [4.78, 5) is 11.8. The van der Waals surface area contributed by atoms with E-state index in [0.29, 0.717) is 6.04 Å². The number of nitrogens with one attached hydrogen (secondary N) is 2. The molecular formula is C13H16N2O. The lowest BCUT2D eigenvalue weighted by molar-refractivity contribution is -0.124. The van der Waals surface area contributed by atoms with Gasteiger partial charge in [-0.2, -0.15) is 0 Å². The van der Waals surface area contributed by atoms with Crippen LogP contribution in [0.15, 0.2) is 30.3 Å². The number of amides is 1. The second-order valence-corrected chi connectivity index (χ2v) is 4.73. The Balaban J connectivity index is 1.81. The van der Waals surface area contributed by atoms with E-state index in [1.165, 1.54) is 5.56 Å². The Morgan fingerprint density at radius 1 is 1.19 bits per heavy atom. The van der Waals surface area contributed by atoms with Crippen LogP contribution in [0.3, 0.4) is 0 Å². The summed E-state index contributed by atoms with van der Waals surface area (Å²) >= 11 is 0. The average Bonchev–Trinajstić information content (AvgIpc) is 2.90. The van der Waals surface area contributed by atoms with Crippen LogP contribution in [-0.4, -0.2) is 18.0 Å². The number of hydrogen-bond acceptors (Lipinski definition) is 2. The molecule has 0 radical (unpaired) electrons. The summed E-state index contributed by atoms with van der Waals surface area (Å²) in [6, 6.07) is 10.7. The molecule has 1 spiro atoms. The zero-order chi connectivity index (χ0) is 11.0. The lowest BCUT2D eigenvalue weighted by atomic mass is 9.96. The third kappa shape index (κ3) is 1.43. The summed E-state index contributed by atoms with van der Waals surface area (Å²) in [5.74, 6) is 0.186. The van der Waals surface area contributed by atoms with Crippen molar-refractivity contribution in [2.45, 2.75) is 30.8 Å². The Bertz CT molecular complexity index is 404. The predicted octanol–water partition coefficient (Wildman–Crippen LogP) is 1.37. The SMILES string of the molecule is O=C1NCC[C@]12CCC(c1ccccc1)N2. The summed E-state index contributed by atoms with van der Waals surface area (Å²) in [6.45, 7) is 0.813. The third-order valence-electron chi connectivity index (χ3n) is 3.78. The van der Waals surface area contributed by atoms with Crippen molar-refractivity contribution in [1.29, 1.82) is 0 Å². The average molecular weight is 216 g/mol. The molecular weight excluding hydrogens is 200 g/mol. The van der Waals surface area contributed by atoms with E-state index in [0.717, 1.165) is 25.8 Å². The van der Waals surface area contributed by atoms with Crippen LogP contribution in [0.1, 0.15) is 30.9 Å². The van der Waals surface area contributed by atoms with Crippen LogP contribution in [-0.2, 0) is 4.79 Å². The summed E-state index contributed by atoms with van der Waals surface area (Å²) in [5.41, 5.74) is 1.01. The molecule has 3 rings (SSSR count). The van der Waals surface area contributed by atoms with Gasteiger partial charge in [0.1, 0.15) is 5.54 Å². The van der Waals surface area contributed by atoms with Gasteiger partial charge in [-0.05, 0) is 24.8 Å². The fraction of sp³-hybridized carbons (Fsp3) is 0.462. The normalized spacial score (nSPS) is 33.2. The monoisotopic (exact) mass is 216 g/mol. The molecule has 84 valence electrons. The van der Waals surface area contributed by atoms with Crippen LogP contribution in [0.2, 0.25) is 0 Å². The zero-order valence-corrected chi connectivity index (χ0v) is 9.20. The molecule has 0 aliphatic carbocycles. The summed E-state index contributed by atoms with van der Waals surface area (Å²) in [5, 5.41) is 6.44. The van der Waals surface area contributed by atoms with Crippen molar-refractivity contribution in [3.05, 3.63) is 35.9 Å². The van der Waals surface area contributed by atoms with Crippen LogP contribution in [0.5, 0.6) is 0 Å². The van der Waals surface area contributed by atoms with E-state index in [1.807, 2.05) is 6.07 Å². The van der Waals surface area contributed by atoms with Gasteiger partial charge in [0.2, 0.25) is 5.91 Å². The van der Waals surface area contributed by atoms with Crippen LogP contribution >= 0.6 is 0 Å². The van der Waals surface area contributed by atoms with Gasteiger partial charge in [-0.25, -0.2) is 0 Å². The Labute approximate surface area is 95.2 Å². The van der Waals surface area contributed by atoms with Gasteiger partial charge < -0.3 is 5.32 Å². The number of carbonyl (C=O) groups is 1. The maximum atomic E-state index is 11.8. The van der Waals surface area contributed by atoms with Gasteiger partial charge >= 0.3 is 0 Å². The van der Waals surface area contributed by atoms with Crippen LogP contribution < -0.4 is 10.6 Å². The lowest BCUT2D eigenvalue weighted by Crippen LogP contribution is -2.47. The number of benzene rings is 1. The van der Waals surface area contributed by atoms with E-state index in [1.54, 1.807) is 0 Å². The Kier molecular flexibility index (Phi) is 2.21. The molecule has 2 saturated heterocycles. The maximum Gasteiger partial charge on any atom is 0.240 e. The van der Waals surface area contributed by atoms with Crippen LogP contribution in [0.4, 0.5) is 0 Å². The minimum Gasteiger partial charge on any atom is -0.354 e. The molecule has 2 fully saturated rings. The number of hydrogen-bond donors (Lipinski definition) is 2. The fourth-order valence-corrected chi connectivity index (χ4v) is 2.85. The highest BCUT2D eigenvalue weighted by Gasteiger charge is 2.47. The van der Waals surface area contributed by atoms with Gasteiger partial charge in [-0.1, -0.05) is 30.3 Å². The van der Waals surface area contributed by atoms with Gasteiger partial charge in [0.05, 0.1) is 0 Å². The van der Waals surface area contributed by atoms with E-state index in [-0.39, 0.29) is 11.4 Å². The first-order valence-electron chi connectivity index (χ1n) is 5.91. The van der Waals surface area contributed by atoms with Crippen molar-refractivity contribution in [2.24, 2.45) is 0 Å². The molecule has 2 aliphatic rings. The molecule has 3 heteroatoms. The van der Waals surface area contributed by atoms with Gasteiger partial charge in [0, 0.05) is 12.6 Å². The largest absolute Gasteiger partial charge is 0.354 e. The van der Waals surface area contributed by atoms with Gasteiger partial charge in [-0.15, -0.1) is 0 Å². The highest BCUT2D eigenvalue weighted by Crippen LogP contribution is 2.36. The van der Waals surface area contributed by atoms with Crippen molar-refractivity contribution >= 4 is 5.91 Å². The van der Waals surface area contributed by atoms with E-state index in [9.17, 15) is 4.79 Å². The van der Waals surface area contributed by atoms with E-state index in [2.05, 4.69) is 34.9 Å². The molecule has 0 saturated carbocycles. The minimum atomic E-state index is -0.277. The topological polar surface area (TPSA) is 41.1 Å². The van der Waals surface area contributed by atoms with E-state index < -0.39 is 0 Å². The molecule has 1 aromatic carbocycles. The van der Waals surface area contributed by atoms with Crippen molar-refractivity contribution in [2.75, 3.05) is 6.54 Å². The molecule has 2 aliphatic heterocycles. The van der Waals surface area contributed by atoms with Gasteiger partial charge in [-0.3, -0.25) is 10.1 Å². The Hall–Kier alpha value is -1.35. The fourth-order valence-electron chi connectivity index (χ4n) is 2.85. The minimum absolute atomic E-state index is 0.186. The Morgan fingerprint density at radius 3 is 2.69 bits per heavy atom. The molecule has 1 aromatic rings. The van der Waals surface area contributed by atoms with Crippen LogP contribution in [0.25, 0.3) is 0 Å². The highest BCUT2D eigenvalue weighted by molar-refractivity contribution is 5.88. The van der Waals surface area contributed by atoms with Gasteiger partial charge in [0.25, 0.3) is 0 Å². The Morgan fingerprint density at radius 2 is 2.00 bits per heavy atom. The van der Waals surface area contributed by atoms with Crippen molar-refractivity contribution in [3.8, 4) is 0 Å². The smallest absolute Gasteiger partial charge is 0.240 e. The molecule has 2 N–H and O–H groups in total. The molecule has 0 aromatic heterocycles. The second kappa shape index (κ2) is 3.59. The lowest BCUT2D eigenvalue weighted by Gasteiger charge is -2.22. The molecule has 3 nitrogen and oxygen atoms in total. The summed E-state index contributed by atoms with van der Waals surface area (Å²) in [7, 11) is 0. The van der Waals surface area contributed by atoms with Crippen molar-refractivity contribution in [3.63, 3.8) is 0 Å². The van der Waals surface area contributed by atoms with Crippen molar-refractivity contribution < 1.29 is 4.79 Å². The maximum absolute atomic E-state index is 11.8. The first-order chi connectivity index (χ1) is 7.80. The quantitative estimate of drug-likeness (QED) is 0.744.